The molecule has 0 atom stereocenters. The highest BCUT2D eigenvalue weighted by Crippen LogP contribution is 2.31. The molecular formula is C14H20F4N2. The maximum Gasteiger partial charge on any atom is 0.416 e. The number of hydrogen-bond donors (Lipinski definition) is 1. The zero-order valence-corrected chi connectivity index (χ0v) is 11.7. The van der Waals surface area contributed by atoms with Crippen LogP contribution < -0.4 is 5.32 Å². The summed E-state index contributed by atoms with van der Waals surface area (Å²) < 4.78 is 50.7. The fourth-order valence-corrected chi connectivity index (χ4v) is 1.90. The van der Waals surface area contributed by atoms with E-state index < -0.39 is 17.6 Å². The summed E-state index contributed by atoms with van der Waals surface area (Å²) in [6, 6.07) is 2.54. The normalized spacial score (nSPS) is 11.9. The van der Waals surface area contributed by atoms with Gasteiger partial charge >= 0.3 is 6.18 Å². The molecule has 1 rings (SSSR count). The number of anilines is 1. The lowest BCUT2D eigenvalue weighted by Gasteiger charge is -2.18. The first-order valence-electron chi connectivity index (χ1n) is 6.71. The van der Waals surface area contributed by atoms with E-state index in [1.807, 2.05) is 0 Å². The van der Waals surface area contributed by atoms with E-state index in [0.717, 1.165) is 38.2 Å². The summed E-state index contributed by atoms with van der Waals surface area (Å²) in [7, 11) is 0. The standard InChI is InChI=1S/C14H20F4N2/c1-3-20(4-2)9-5-8-19-13-7-6-11(10-12(13)15)14(16,17)18/h6-7,10,19H,3-5,8-9H2,1-2H3. The van der Waals surface area contributed by atoms with Gasteiger partial charge in [-0.25, -0.2) is 4.39 Å². The van der Waals surface area contributed by atoms with E-state index in [0.29, 0.717) is 12.6 Å². The van der Waals surface area contributed by atoms with E-state index in [-0.39, 0.29) is 5.69 Å². The van der Waals surface area contributed by atoms with E-state index >= 15 is 0 Å². The van der Waals surface area contributed by atoms with Gasteiger partial charge in [-0.05, 0) is 44.3 Å². The molecule has 0 saturated carbocycles. The van der Waals surface area contributed by atoms with Crippen LogP contribution in [0.3, 0.4) is 0 Å². The van der Waals surface area contributed by atoms with Crippen LogP contribution in [0.25, 0.3) is 0 Å². The Bertz CT molecular complexity index is 414. The van der Waals surface area contributed by atoms with Crippen LogP contribution in [0.5, 0.6) is 0 Å². The van der Waals surface area contributed by atoms with Gasteiger partial charge in [0.15, 0.2) is 0 Å². The van der Waals surface area contributed by atoms with Crippen molar-refractivity contribution in [1.29, 1.82) is 0 Å². The van der Waals surface area contributed by atoms with Gasteiger partial charge in [0.25, 0.3) is 0 Å². The fourth-order valence-electron chi connectivity index (χ4n) is 1.90. The summed E-state index contributed by atoms with van der Waals surface area (Å²) in [6.07, 6.45) is -3.70. The number of nitrogens with zero attached hydrogens (tertiary/aromatic N) is 1. The number of hydrogen-bond acceptors (Lipinski definition) is 2. The molecule has 1 aromatic carbocycles. The van der Waals surface area contributed by atoms with Crippen LogP contribution in [0.4, 0.5) is 23.2 Å². The van der Waals surface area contributed by atoms with Crippen LogP contribution in [0, 0.1) is 5.82 Å². The predicted octanol–water partition coefficient (Wildman–Crippen LogP) is 3.99. The Hall–Kier alpha value is -1.30. The Kier molecular flexibility index (Phi) is 6.26. The molecule has 114 valence electrons. The van der Waals surface area contributed by atoms with E-state index in [1.165, 1.54) is 0 Å². The largest absolute Gasteiger partial charge is 0.416 e. The molecule has 0 unspecified atom stereocenters. The Morgan fingerprint density at radius 2 is 1.80 bits per heavy atom. The first-order valence-corrected chi connectivity index (χ1v) is 6.71. The summed E-state index contributed by atoms with van der Waals surface area (Å²) in [5, 5.41) is 2.83. The Balaban J connectivity index is 2.49. The monoisotopic (exact) mass is 292 g/mol. The molecule has 0 aromatic heterocycles. The molecule has 0 heterocycles. The molecule has 0 radical (unpaired) electrons. The van der Waals surface area contributed by atoms with Crippen molar-refractivity contribution in [3.05, 3.63) is 29.6 Å². The first-order chi connectivity index (χ1) is 9.38. The molecule has 0 fully saturated rings. The van der Waals surface area contributed by atoms with Gasteiger partial charge in [-0.15, -0.1) is 0 Å². The number of rotatable bonds is 7. The third kappa shape index (κ3) is 5.00. The van der Waals surface area contributed by atoms with Crippen molar-refractivity contribution < 1.29 is 17.6 Å². The molecule has 0 aliphatic heterocycles. The minimum atomic E-state index is -4.51. The first kappa shape index (κ1) is 16.8. The second-order valence-electron chi connectivity index (χ2n) is 4.50. The van der Waals surface area contributed by atoms with Gasteiger partial charge < -0.3 is 10.2 Å². The molecule has 0 aliphatic carbocycles. The highest BCUT2D eigenvalue weighted by Gasteiger charge is 2.31. The molecule has 0 aliphatic rings. The van der Waals surface area contributed by atoms with Gasteiger partial charge in [-0.3, -0.25) is 0 Å². The minimum absolute atomic E-state index is 0.109. The van der Waals surface area contributed by atoms with Crippen molar-refractivity contribution in [2.24, 2.45) is 0 Å². The van der Waals surface area contributed by atoms with Crippen LogP contribution in [0.15, 0.2) is 18.2 Å². The third-order valence-corrected chi connectivity index (χ3v) is 3.16. The van der Waals surface area contributed by atoms with Crippen molar-refractivity contribution in [2.75, 3.05) is 31.5 Å². The lowest BCUT2D eigenvalue weighted by atomic mass is 10.2. The highest BCUT2D eigenvalue weighted by atomic mass is 19.4. The van der Waals surface area contributed by atoms with E-state index in [2.05, 4.69) is 24.1 Å². The average molecular weight is 292 g/mol. The van der Waals surface area contributed by atoms with Gasteiger partial charge in [0.05, 0.1) is 11.3 Å². The smallest absolute Gasteiger partial charge is 0.383 e. The van der Waals surface area contributed by atoms with Crippen molar-refractivity contribution in [1.82, 2.24) is 4.90 Å². The Morgan fingerprint density at radius 1 is 1.15 bits per heavy atom. The second kappa shape index (κ2) is 7.47. The Labute approximate surface area is 116 Å². The molecule has 0 bridgehead atoms. The maximum absolute atomic E-state index is 13.5. The highest BCUT2D eigenvalue weighted by molar-refractivity contribution is 5.46. The van der Waals surface area contributed by atoms with Crippen molar-refractivity contribution in [3.8, 4) is 0 Å². The summed E-state index contributed by atoms with van der Waals surface area (Å²) in [4.78, 5) is 2.23. The number of benzene rings is 1. The van der Waals surface area contributed by atoms with Gasteiger partial charge in [-0.1, -0.05) is 13.8 Å². The third-order valence-electron chi connectivity index (χ3n) is 3.16. The molecule has 6 heteroatoms. The van der Waals surface area contributed by atoms with Crippen LogP contribution >= 0.6 is 0 Å². The van der Waals surface area contributed by atoms with Crippen molar-refractivity contribution in [3.63, 3.8) is 0 Å². The molecule has 2 nitrogen and oxygen atoms in total. The zero-order chi connectivity index (χ0) is 15.2. The SMILES string of the molecule is CCN(CC)CCCNc1ccc(C(F)(F)F)cc1F. The lowest BCUT2D eigenvalue weighted by molar-refractivity contribution is -0.137. The van der Waals surface area contributed by atoms with E-state index in [1.54, 1.807) is 0 Å². The van der Waals surface area contributed by atoms with Gasteiger partial charge in [-0.2, -0.15) is 13.2 Å². The number of halogens is 4. The lowest BCUT2D eigenvalue weighted by Crippen LogP contribution is -2.25. The summed E-state index contributed by atoms with van der Waals surface area (Å²) in [6.45, 7) is 7.43. The van der Waals surface area contributed by atoms with E-state index in [4.69, 9.17) is 0 Å². The van der Waals surface area contributed by atoms with Gasteiger partial charge in [0.1, 0.15) is 5.82 Å². The van der Waals surface area contributed by atoms with Crippen molar-refractivity contribution >= 4 is 5.69 Å². The molecule has 0 saturated heterocycles. The summed E-state index contributed by atoms with van der Waals surface area (Å²) in [5.74, 6) is -0.873. The molecule has 0 amide bonds. The zero-order valence-electron chi connectivity index (χ0n) is 11.7. The van der Waals surface area contributed by atoms with Crippen LogP contribution in [-0.4, -0.2) is 31.1 Å². The molecule has 1 N–H and O–H groups in total. The Morgan fingerprint density at radius 3 is 2.30 bits per heavy atom. The van der Waals surface area contributed by atoms with Gasteiger partial charge in [0.2, 0.25) is 0 Å². The quantitative estimate of drug-likeness (QED) is 0.604. The minimum Gasteiger partial charge on any atom is -0.383 e. The second-order valence-corrected chi connectivity index (χ2v) is 4.50. The predicted molar refractivity (Wildman–Crippen MR) is 72.3 cm³/mol. The van der Waals surface area contributed by atoms with Crippen LogP contribution in [0.1, 0.15) is 25.8 Å². The molecule has 1 aromatic rings. The van der Waals surface area contributed by atoms with Crippen LogP contribution in [-0.2, 0) is 6.18 Å². The van der Waals surface area contributed by atoms with Gasteiger partial charge in [0, 0.05) is 6.54 Å². The summed E-state index contributed by atoms with van der Waals surface area (Å²) in [5.41, 5.74) is -0.860. The average Bonchev–Trinajstić information content (AvgIpc) is 2.39. The molecular weight excluding hydrogens is 272 g/mol. The fraction of sp³-hybridized carbons (Fsp3) is 0.571. The number of alkyl halides is 3. The topological polar surface area (TPSA) is 15.3 Å². The molecule has 0 spiro atoms. The van der Waals surface area contributed by atoms with E-state index in [9.17, 15) is 17.6 Å². The molecule has 20 heavy (non-hydrogen) atoms. The maximum atomic E-state index is 13.5. The number of nitrogens with one attached hydrogen (secondary N) is 1. The summed E-state index contributed by atoms with van der Waals surface area (Å²) >= 11 is 0. The van der Waals surface area contributed by atoms with Crippen LogP contribution in [0.2, 0.25) is 0 Å². The van der Waals surface area contributed by atoms with Crippen molar-refractivity contribution in [2.45, 2.75) is 26.4 Å².